The number of hydrogen-bond acceptors (Lipinski definition) is 35. The van der Waals surface area contributed by atoms with Crippen molar-refractivity contribution in [1.82, 2.24) is 50.6 Å². The van der Waals surface area contributed by atoms with Crippen molar-refractivity contribution in [3.63, 3.8) is 0 Å². The zero-order valence-electron chi connectivity index (χ0n) is 80.6. The number of nitrogens with one attached hydrogen (secondary N) is 4. The van der Waals surface area contributed by atoms with Crippen LogP contribution in [0.25, 0.3) is 54.5 Å². The number of H-pyrrole nitrogens is 4. The highest BCUT2D eigenvalue weighted by Gasteiger charge is 2.32. The zero-order valence-corrected chi connectivity index (χ0v) is 80.6. The maximum absolute atomic E-state index is 13.3. The number of ether oxygens (including phenoxy) is 20. The predicted molar refractivity (Wildman–Crippen MR) is 512 cm³/mol. The first-order valence-electron chi connectivity index (χ1n) is 42.3. The molecule has 1 amide bonds. The second kappa shape index (κ2) is 47.0. The summed E-state index contributed by atoms with van der Waals surface area (Å²) in [4.78, 5) is 101. The fourth-order valence-corrected chi connectivity index (χ4v) is 15.4. The van der Waals surface area contributed by atoms with E-state index < -0.39 is 36.0 Å². The molecule has 0 saturated carbocycles. The molecule has 43 nitrogen and oxygen atoms in total. The van der Waals surface area contributed by atoms with Crippen LogP contribution in [0.5, 0.6) is 115 Å². The van der Waals surface area contributed by atoms with Crippen LogP contribution >= 0.6 is 0 Å². The number of aromatic carboxylic acids is 1. The highest BCUT2D eigenvalue weighted by molar-refractivity contribution is 6.21. The van der Waals surface area contributed by atoms with Gasteiger partial charge in [-0.05, 0) is 141 Å². The van der Waals surface area contributed by atoms with E-state index >= 15 is 0 Å². The first-order valence-corrected chi connectivity index (χ1v) is 42.3. The van der Waals surface area contributed by atoms with Crippen LogP contribution in [0.4, 0.5) is 0 Å². The van der Waals surface area contributed by atoms with Crippen molar-refractivity contribution in [3.05, 3.63) is 206 Å². The second-order valence-corrected chi connectivity index (χ2v) is 29.6. The Morgan fingerprint density at radius 1 is 0.338 bits per heavy atom. The van der Waals surface area contributed by atoms with Gasteiger partial charge in [-0.25, -0.2) is 4.79 Å². The molecule has 0 unspecified atom stereocenters. The molecule has 15 rings (SSSR count). The Kier molecular flexibility index (Phi) is 34.5. The van der Waals surface area contributed by atoms with E-state index in [2.05, 4.69) is 52.0 Å². The fourth-order valence-electron chi connectivity index (χ4n) is 15.4. The number of primary amides is 1. The Balaban J connectivity index is 0.000000170. The van der Waals surface area contributed by atoms with E-state index in [4.69, 9.17) is 106 Å². The van der Waals surface area contributed by atoms with E-state index in [-0.39, 0.29) is 103 Å². The molecule has 0 radical (unpaired) electrons. The Morgan fingerprint density at radius 3 is 0.944 bits per heavy atom. The quantitative estimate of drug-likeness (QED) is 0.0132. The average molecular weight is 1950 g/mol. The van der Waals surface area contributed by atoms with Gasteiger partial charge in [0.1, 0.15) is 103 Å². The lowest BCUT2D eigenvalue weighted by Crippen LogP contribution is -2.13. The maximum Gasteiger partial charge on any atom is 0.341 e. The number of unbranched alkanes of at least 4 members (excludes halogenated alkanes) is 1. The topological polar surface area (TPSA) is 564 Å². The van der Waals surface area contributed by atoms with Crippen LogP contribution in [-0.2, 0) is 17.8 Å². The van der Waals surface area contributed by atoms with Crippen LogP contribution in [0.2, 0.25) is 0 Å². The number of nitriles is 1. The number of carbonyl (C=O) groups excluding carboxylic acids is 6. The number of carboxylic acids is 2. The molecule has 0 aliphatic rings. The molecular weight excluding hydrogens is 1850 g/mol. The summed E-state index contributed by atoms with van der Waals surface area (Å²) in [6.45, 7) is -0.268. The molecule has 742 valence electrons. The number of aliphatic carboxylic acids is 1. The van der Waals surface area contributed by atoms with Crippen molar-refractivity contribution in [2.45, 2.75) is 25.8 Å². The minimum absolute atomic E-state index is 0.0974. The first-order chi connectivity index (χ1) is 68.5. The molecule has 0 atom stereocenters. The van der Waals surface area contributed by atoms with Gasteiger partial charge < -0.3 is 116 Å². The fraction of sp³-hybridized carbons (Fsp3) is 0.253. The molecular formula is C99H100N12O31. The number of methoxy groups -OCH3 is 20. The normalized spacial score (nSPS) is 10.6. The number of carbonyl (C=O) groups is 8. The Hall–Kier alpha value is -18.2. The molecule has 0 aliphatic heterocycles. The third-order valence-corrected chi connectivity index (χ3v) is 22.1. The summed E-state index contributed by atoms with van der Waals surface area (Å²) in [5, 5.41) is 71.5. The zero-order chi connectivity index (χ0) is 103. The van der Waals surface area contributed by atoms with Crippen LogP contribution in [0.1, 0.15) is 125 Å². The summed E-state index contributed by atoms with van der Waals surface area (Å²) >= 11 is 0. The van der Waals surface area contributed by atoms with Gasteiger partial charge in [0.2, 0.25) is 57.7 Å². The minimum atomic E-state index is -1.21. The van der Waals surface area contributed by atoms with Crippen molar-refractivity contribution in [2.75, 3.05) is 149 Å². The summed E-state index contributed by atoms with van der Waals surface area (Å²) in [6.07, 6.45) is 2.15. The Morgan fingerprint density at radius 2 is 0.634 bits per heavy atom. The van der Waals surface area contributed by atoms with E-state index in [1.54, 1.807) is 79.9 Å². The third-order valence-electron chi connectivity index (χ3n) is 22.1. The molecule has 5 aromatic heterocycles. The summed E-state index contributed by atoms with van der Waals surface area (Å²) in [5.74, 6) is 2.68. The molecule has 5 heterocycles. The molecule has 0 fully saturated rings. The Labute approximate surface area is 809 Å². The van der Waals surface area contributed by atoms with Crippen LogP contribution in [0.15, 0.2) is 127 Å². The summed E-state index contributed by atoms with van der Waals surface area (Å²) in [5.41, 5.74) is 11.1. The number of carboxylic acid groups (broad SMARTS) is 2. The third kappa shape index (κ3) is 21.1. The number of aromatic nitrogens is 10. The van der Waals surface area contributed by atoms with Crippen molar-refractivity contribution >= 4 is 101 Å². The number of aromatic amines is 4. The molecule has 0 aliphatic carbocycles. The number of fused-ring (bicyclic) bond motifs is 5. The van der Waals surface area contributed by atoms with Gasteiger partial charge in [-0.2, -0.15) is 30.8 Å². The van der Waals surface area contributed by atoms with Crippen LogP contribution in [0, 0.1) is 11.3 Å². The van der Waals surface area contributed by atoms with Gasteiger partial charge in [0, 0.05) is 73.0 Å². The standard InChI is InChI=1S/C22H26N2O6.C20H20N2O7.C19H19N3O6.C19H17N3O5.C19H18N2O7/c1-27-16-9-8-15-19(14(16)7-5-6-10-25)23-24-20(15)21(26)13-11-17(28-2)22(30-4)18(12-13)29-3;1-26-12-5-6-13-14(9-12)22(10-17(23)24)21-18(13)19(25)11-7-15(27-2)20(29-4)16(8-11)28-3;1-25-11-6-5-10-15(14(11)19(20)24)21-22-16(10)17(23)9-7-12(26-2)18(28-4)13(8-9)27-3;1-24-13-6-5-11-16(12(13)9-20)21-22-17(11)18(23)10-7-14(25-2)19(27-4)15(8-10)26-3;1-25-11-6-5-10-15(14(11)19(23)24)20-21-16(10)17(22)9-7-12(26-2)18(28-4)13(8-9)27-3/h8-9,11-12,25H,5-7,10H2,1-4H3,(H,23,24);5-9H,10H2,1-4H3,(H,23,24);5-8H,1-4H3,(H2,20,24)(H,21,22);5-8H,1-4H3,(H,21,22);5-8H,1-4H3,(H,20,21)(H,23,24). The number of ketones is 5. The van der Waals surface area contributed by atoms with Gasteiger partial charge in [0.15, 0.2) is 57.5 Å². The van der Waals surface area contributed by atoms with Gasteiger partial charge in [-0.1, -0.05) is 0 Å². The summed E-state index contributed by atoms with van der Waals surface area (Å²) in [7, 11) is 29.4. The number of hydrogen-bond donors (Lipinski definition) is 8. The van der Waals surface area contributed by atoms with Crippen molar-refractivity contribution < 1.29 is 148 Å². The lowest BCUT2D eigenvalue weighted by Gasteiger charge is -2.13. The number of aryl methyl sites for hydroxylation is 1. The van der Waals surface area contributed by atoms with E-state index in [0.29, 0.717) is 177 Å². The first kappa shape index (κ1) is 104. The SMILES string of the molecule is COc1cc(C(=O)c2[nH]nc3c(C#N)c(OC)ccc23)cc(OC)c1OC.COc1cc(C(=O)c2[nH]nc3c(C(=O)O)c(OC)ccc23)cc(OC)c1OC.COc1cc(C(=O)c2[nH]nc3c(C(N)=O)c(OC)ccc23)cc(OC)c1OC.COc1cc(C(=O)c2[nH]nc3c(CCCCO)c(OC)ccc23)cc(OC)c1OC.COc1ccc2c(C(=O)c3cc(OC)c(OC)c(OC)c3)nn(CC(=O)O)c2c1. The van der Waals surface area contributed by atoms with E-state index in [0.717, 1.165) is 12.0 Å². The van der Waals surface area contributed by atoms with E-state index in [1.165, 1.54) is 182 Å². The molecule has 9 N–H and O–H groups in total. The monoisotopic (exact) mass is 1950 g/mol. The molecule has 43 heteroatoms. The Bertz CT molecular complexity index is 7030. The number of nitrogens with zero attached hydrogens (tertiary/aromatic N) is 7. The second-order valence-electron chi connectivity index (χ2n) is 29.6. The van der Waals surface area contributed by atoms with Crippen molar-refractivity contribution in [3.8, 4) is 121 Å². The lowest BCUT2D eigenvalue weighted by molar-refractivity contribution is -0.137. The molecule has 0 saturated heterocycles. The van der Waals surface area contributed by atoms with Gasteiger partial charge in [-0.3, -0.25) is 58.6 Å². The van der Waals surface area contributed by atoms with Gasteiger partial charge in [0.05, 0.1) is 153 Å². The number of amides is 1. The average Bonchev–Trinajstić information content (AvgIpc) is 1.59. The largest absolute Gasteiger partial charge is 0.497 e. The maximum atomic E-state index is 13.3. The highest BCUT2D eigenvalue weighted by atomic mass is 16.6. The summed E-state index contributed by atoms with van der Waals surface area (Å²) in [6, 6.07) is 35.8. The number of rotatable bonds is 38. The number of benzene rings is 10. The lowest BCUT2D eigenvalue weighted by atomic mass is 10.00. The molecule has 10 aromatic carbocycles. The minimum Gasteiger partial charge on any atom is -0.497 e. The number of aliphatic hydroxyl groups is 1. The van der Waals surface area contributed by atoms with Crippen LogP contribution in [-0.4, -0.2) is 261 Å². The molecule has 15 aromatic rings. The summed E-state index contributed by atoms with van der Waals surface area (Å²) < 4.78 is 107. The van der Waals surface area contributed by atoms with E-state index in [9.17, 15) is 53.8 Å². The highest BCUT2D eigenvalue weighted by Crippen LogP contribution is 2.46. The molecule has 0 spiro atoms. The predicted octanol–water partition coefficient (Wildman–Crippen LogP) is 12.7. The van der Waals surface area contributed by atoms with Gasteiger partial charge in [0.25, 0.3) is 5.91 Å². The van der Waals surface area contributed by atoms with Crippen LogP contribution < -0.4 is 100 Å². The van der Waals surface area contributed by atoms with E-state index in [1.807, 2.05) is 12.1 Å². The molecule has 0 bridgehead atoms. The number of nitrogens with two attached hydrogens (primary N) is 1. The number of aliphatic hydroxyl groups excluding tert-OH is 1. The van der Waals surface area contributed by atoms with Crippen molar-refractivity contribution in [2.24, 2.45) is 5.73 Å². The van der Waals surface area contributed by atoms with Crippen molar-refractivity contribution in [1.29, 1.82) is 5.26 Å². The van der Waals surface area contributed by atoms with Gasteiger partial charge >= 0.3 is 11.9 Å². The smallest absolute Gasteiger partial charge is 0.341 e. The van der Waals surface area contributed by atoms with Gasteiger partial charge in [-0.15, -0.1) is 0 Å². The van der Waals surface area contributed by atoms with Crippen LogP contribution in [0.3, 0.4) is 0 Å². The molecule has 142 heavy (non-hydrogen) atoms.